The summed E-state index contributed by atoms with van der Waals surface area (Å²) in [4.78, 5) is 28.2. The van der Waals surface area contributed by atoms with Gasteiger partial charge in [0.25, 0.3) is 5.78 Å². The Bertz CT molecular complexity index is 1690. The van der Waals surface area contributed by atoms with Gasteiger partial charge in [0, 0.05) is 11.3 Å². The van der Waals surface area contributed by atoms with Crippen LogP contribution in [0.1, 0.15) is 22.7 Å². The van der Waals surface area contributed by atoms with Crippen LogP contribution in [0.4, 0.5) is 9.52 Å². The topological polar surface area (TPSA) is 111 Å². The number of carbonyl (C=O) groups is 2. The number of Topliss-reactive ketones (excluding diaryl/α,β-unsaturated/α-hetero) is 1. The van der Waals surface area contributed by atoms with E-state index in [1.54, 1.807) is 60.7 Å². The van der Waals surface area contributed by atoms with Crippen molar-refractivity contribution in [1.29, 1.82) is 0 Å². The number of fused-ring (bicyclic) bond motifs is 1. The molecule has 2 aliphatic heterocycles. The number of benzene rings is 3. The zero-order valence-corrected chi connectivity index (χ0v) is 23.2. The van der Waals surface area contributed by atoms with E-state index in [9.17, 15) is 19.1 Å². The minimum atomic E-state index is -1.02. The van der Waals surface area contributed by atoms with Gasteiger partial charge in [0.05, 0.1) is 18.7 Å². The van der Waals surface area contributed by atoms with Gasteiger partial charge in [-0.25, -0.2) is 4.39 Å². The lowest BCUT2D eigenvalue weighted by Gasteiger charge is -2.23. The van der Waals surface area contributed by atoms with Gasteiger partial charge in [-0.05, 0) is 47.5 Å². The van der Waals surface area contributed by atoms with Crippen LogP contribution in [0.15, 0.2) is 76.6 Å². The van der Waals surface area contributed by atoms with E-state index in [4.69, 9.17) is 14.2 Å². The number of thioether (sulfide) groups is 1. The van der Waals surface area contributed by atoms with E-state index in [0.717, 1.165) is 11.3 Å². The molecule has 4 aromatic rings. The smallest absolute Gasteiger partial charge is 0.301 e. The summed E-state index contributed by atoms with van der Waals surface area (Å²) >= 11 is 2.36. The van der Waals surface area contributed by atoms with Crippen LogP contribution < -0.4 is 19.1 Å². The van der Waals surface area contributed by atoms with Crippen molar-refractivity contribution in [2.75, 3.05) is 25.2 Å². The Morgan fingerprint density at radius 3 is 2.68 bits per heavy atom. The molecule has 1 atom stereocenters. The minimum Gasteiger partial charge on any atom is -0.507 e. The second kappa shape index (κ2) is 11.2. The average molecular weight is 592 g/mol. The first kappa shape index (κ1) is 26.8. The van der Waals surface area contributed by atoms with Crippen LogP contribution in [0, 0.1) is 5.82 Å². The number of aliphatic hydroxyl groups excluding tert-OH is 1. The molecule has 3 aromatic carbocycles. The van der Waals surface area contributed by atoms with Gasteiger partial charge in [-0.2, -0.15) is 0 Å². The highest BCUT2D eigenvalue weighted by Crippen LogP contribution is 2.45. The summed E-state index contributed by atoms with van der Waals surface area (Å²) in [5.41, 5.74) is 1.21. The maximum absolute atomic E-state index is 14.1. The molecule has 1 fully saturated rings. The van der Waals surface area contributed by atoms with Crippen LogP contribution in [-0.4, -0.2) is 47.3 Å². The molecule has 1 aromatic heterocycles. The van der Waals surface area contributed by atoms with E-state index in [1.807, 2.05) is 0 Å². The predicted octanol–water partition coefficient (Wildman–Crippen LogP) is 5.38. The lowest BCUT2D eigenvalue weighted by molar-refractivity contribution is -0.132. The molecule has 41 heavy (non-hydrogen) atoms. The average Bonchev–Trinajstić information content (AvgIpc) is 3.57. The molecule has 12 heteroatoms. The number of methoxy groups -OCH3 is 1. The Morgan fingerprint density at radius 2 is 1.88 bits per heavy atom. The molecule has 0 saturated carbocycles. The summed E-state index contributed by atoms with van der Waals surface area (Å²) in [7, 11) is 1.51. The minimum absolute atomic E-state index is 0.115. The first-order valence-electron chi connectivity index (χ1n) is 12.5. The number of hydrogen-bond donors (Lipinski definition) is 1. The molecule has 1 N–H and O–H groups in total. The third-order valence-electron chi connectivity index (χ3n) is 6.58. The Balaban J connectivity index is 1.40. The highest BCUT2D eigenvalue weighted by molar-refractivity contribution is 8.00. The maximum atomic E-state index is 14.1. The van der Waals surface area contributed by atoms with E-state index in [2.05, 4.69) is 10.2 Å². The van der Waals surface area contributed by atoms with Crippen molar-refractivity contribution in [3.8, 4) is 17.2 Å². The quantitative estimate of drug-likeness (QED) is 0.0996. The number of ether oxygens (including phenoxy) is 3. The summed E-state index contributed by atoms with van der Waals surface area (Å²) in [5.74, 6) is -0.670. The first-order valence-corrected chi connectivity index (χ1v) is 14.3. The van der Waals surface area contributed by atoms with Gasteiger partial charge in [-0.1, -0.05) is 53.4 Å². The number of aliphatic hydroxyl groups is 1. The van der Waals surface area contributed by atoms with Crippen LogP contribution in [0.25, 0.3) is 5.76 Å². The Labute approximate surface area is 242 Å². The molecule has 0 bridgehead atoms. The molecular formula is C29H22FN3O6S2. The fourth-order valence-electron chi connectivity index (χ4n) is 4.62. The van der Waals surface area contributed by atoms with E-state index in [1.165, 1.54) is 29.8 Å². The van der Waals surface area contributed by atoms with E-state index in [-0.39, 0.29) is 22.3 Å². The standard InChI is InChI=1S/C29H22FN3O6S2/c1-37-19-7-4-6-16(13-19)24-23(25(34)17-9-10-21-22(14-17)39-12-11-38-21)26(35)27(36)33(24)28-31-32-29(41-28)40-15-18-5-2-3-8-20(18)30/h2-10,13-14,24,34H,11-12,15H2,1H3/b25-23+. The summed E-state index contributed by atoms with van der Waals surface area (Å²) in [6, 6.07) is 17.1. The van der Waals surface area contributed by atoms with Gasteiger partial charge in [0.2, 0.25) is 5.13 Å². The number of hydrogen-bond acceptors (Lipinski definition) is 10. The normalized spacial score (nSPS) is 17.6. The van der Waals surface area contributed by atoms with Crippen molar-refractivity contribution in [1.82, 2.24) is 10.2 Å². The van der Waals surface area contributed by atoms with Crippen LogP contribution >= 0.6 is 23.1 Å². The summed E-state index contributed by atoms with van der Waals surface area (Å²) in [6.45, 7) is 0.751. The van der Waals surface area contributed by atoms with E-state index in [0.29, 0.717) is 57.2 Å². The van der Waals surface area contributed by atoms with Crippen LogP contribution in [0.3, 0.4) is 0 Å². The van der Waals surface area contributed by atoms with Crippen LogP contribution in [0.2, 0.25) is 0 Å². The maximum Gasteiger partial charge on any atom is 0.301 e. The molecule has 0 spiro atoms. The zero-order chi connectivity index (χ0) is 28.5. The van der Waals surface area contributed by atoms with Crippen LogP contribution in [0.5, 0.6) is 17.2 Å². The number of amides is 1. The van der Waals surface area contributed by atoms with Crippen LogP contribution in [-0.2, 0) is 15.3 Å². The van der Waals surface area contributed by atoms with E-state index >= 15 is 0 Å². The molecule has 0 radical (unpaired) electrons. The molecule has 6 rings (SSSR count). The second-order valence-corrected chi connectivity index (χ2v) is 11.2. The van der Waals surface area contributed by atoms with Gasteiger partial charge in [0.15, 0.2) is 15.8 Å². The van der Waals surface area contributed by atoms with Crippen molar-refractivity contribution in [2.24, 2.45) is 0 Å². The molecule has 0 aliphatic carbocycles. The molecule has 2 aliphatic rings. The summed E-state index contributed by atoms with van der Waals surface area (Å²) < 4.78 is 31.2. The molecular weight excluding hydrogens is 569 g/mol. The van der Waals surface area contributed by atoms with Crippen molar-refractivity contribution in [3.63, 3.8) is 0 Å². The highest BCUT2D eigenvalue weighted by atomic mass is 32.2. The van der Waals surface area contributed by atoms with Gasteiger partial charge < -0.3 is 19.3 Å². The fraction of sp³-hybridized carbons (Fsp3) is 0.172. The fourth-order valence-corrected chi connectivity index (χ4v) is 6.47. The second-order valence-electron chi connectivity index (χ2n) is 9.03. The summed E-state index contributed by atoms with van der Waals surface area (Å²) in [6.07, 6.45) is 0. The Kier molecular flexibility index (Phi) is 7.33. The zero-order valence-electron chi connectivity index (χ0n) is 21.6. The van der Waals surface area contributed by atoms with Crippen molar-refractivity contribution in [3.05, 3.63) is 94.8 Å². The molecule has 1 amide bonds. The lowest BCUT2D eigenvalue weighted by Crippen LogP contribution is -2.29. The van der Waals surface area contributed by atoms with Crippen molar-refractivity contribution < 1.29 is 33.3 Å². The summed E-state index contributed by atoms with van der Waals surface area (Å²) in [5, 5.41) is 20.0. The van der Waals surface area contributed by atoms with Gasteiger partial charge >= 0.3 is 5.91 Å². The van der Waals surface area contributed by atoms with Gasteiger partial charge in [-0.3, -0.25) is 14.5 Å². The number of anilines is 1. The van der Waals surface area contributed by atoms with Gasteiger partial charge in [-0.15, -0.1) is 10.2 Å². The Morgan fingerprint density at radius 1 is 1.07 bits per heavy atom. The van der Waals surface area contributed by atoms with Gasteiger partial charge in [0.1, 0.15) is 30.5 Å². The molecule has 208 valence electrons. The molecule has 9 nitrogen and oxygen atoms in total. The number of nitrogens with zero attached hydrogens (tertiary/aromatic N) is 3. The molecule has 3 heterocycles. The number of aromatic nitrogens is 2. The number of halogens is 1. The molecule has 1 unspecified atom stereocenters. The number of ketones is 1. The largest absolute Gasteiger partial charge is 0.507 e. The number of carbonyl (C=O) groups excluding carboxylic acids is 2. The van der Waals surface area contributed by atoms with E-state index < -0.39 is 17.7 Å². The first-order chi connectivity index (χ1) is 19.9. The highest BCUT2D eigenvalue weighted by Gasteiger charge is 2.48. The lowest BCUT2D eigenvalue weighted by atomic mass is 9.95. The third kappa shape index (κ3) is 5.11. The van der Waals surface area contributed by atoms with Crippen molar-refractivity contribution >= 4 is 45.7 Å². The monoisotopic (exact) mass is 591 g/mol. The van der Waals surface area contributed by atoms with Crippen molar-refractivity contribution in [2.45, 2.75) is 16.1 Å². The Hall–Kier alpha value is -4.42. The number of rotatable bonds is 7. The third-order valence-corrected chi connectivity index (χ3v) is 8.69. The predicted molar refractivity (Wildman–Crippen MR) is 151 cm³/mol. The SMILES string of the molecule is COc1cccc(C2/C(=C(\O)c3ccc4c(c3)OCCO4)C(=O)C(=O)N2c2nnc(SCc3ccccc3F)s2)c1. The molecule has 1 saturated heterocycles.